The molecule has 0 bridgehead atoms. The summed E-state index contributed by atoms with van der Waals surface area (Å²) in [6, 6.07) is 9.41. The summed E-state index contributed by atoms with van der Waals surface area (Å²) in [5.41, 5.74) is 4.28. The third kappa shape index (κ3) is 4.71. The van der Waals surface area contributed by atoms with Crippen molar-refractivity contribution >= 4 is 23.4 Å². The Morgan fingerprint density at radius 3 is 2.71 bits per heavy atom. The van der Waals surface area contributed by atoms with Crippen LogP contribution in [0.1, 0.15) is 37.9 Å². The van der Waals surface area contributed by atoms with Gasteiger partial charge in [-0.3, -0.25) is 14.2 Å². The van der Waals surface area contributed by atoms with E-state index >= 15 is 0 Å². The molecular weight excluding hydrogens is 440 g/mol. The number of aromatic nitrogens is 4. The van der Waals surface area contributed by atoms with Gasteiger partial charge >= 0.3 is 0 Å². The first-order valence-electron chi connectivity index (χ1n) is 11.0. The van der Waals surface area contributed by atoms with Crippen LogP contribution in [0.5, 0.6) is 0 Å². The molecule has 1 amide bonds. The quantitative estimate of drug-likeness (QED) is 0.193. The van der Waals surface area contributed by atoms with Crippen LogP contribution in [0.3, 0.4) is 0 Å². The van der Waals surface area contributed by atoms with Crippen LogP contribution in [0.2, 0.25) is 0 Å². The van der Waals surface area contributed by atoms with Gasteiger partial charge in [-0.15, -0.1) is 0 Å². The molecule has 0 saturated carbocycles. The maximum atomic E-state index is 11.4. The first-order chi connectivity index (χ1) is 16.6. The van der Waals surface area contributed by atoms with Gasteiger partial charge in [0, 0.05) is 12.1 Å². The lowest BCUT2D eigenvalue weighted by molar-refractivity contribution is -0.141. The van der Waals surface area contributed by atoms with Gasteiger partial charge in [-0.05, 0) is 31.4 Å². The molecule has 0 spiro atoms. The van der Waals surface area contributed by atoms with E-state index in [-0.39, 0.29) is 5.82 Å². The molecule has 1 aliphatic heterocycles. The Labute approximate surface area is 196 Å². The molecule has 1 aliphatic rings. The Kier molecular flexibility index (Phi) is 7.34. The number of nitrogens with one attached hydrogen (secondary N) is 1. The largest absolute Gasteiger partial charge is 0.385 e. The maximum absolute atomic E-state index is 11.4. The molecule has 0 unspecified atom stereocenters. The average Bonchev–Trinajstić information content (AvgIpc) is 3.41. The number of nitrogens with zero attached hydrogens (tertiary/aromatic N) is 5. The van der Waals surface area contributed by atoms with Crippen molar-refractivity contribution in [3.8, 4) is 11.8 Å². The summed E-state index contributed by atoms with van der Waals surface area (Å²) in [4.78, 5) is 31.4. The number of carbonyl (C=O) groups is 1. The smallest absolute Gasteiger partial charge is 0.211 e. The van der Waals surface area contributed by atoms with Crippen LogP contribution in [0.15, 0.2) is 36.7 Å². The summed E-state index contributed by atoms with van der Waals surface area (Å²) in [7, 11) is 0. The SMILES string of the molecule is CCCONc1nc(C#Cc2ccccc2)nc2c1ncn2[C@@H]1O[C@H](N(C=O)CC)[C@@H](O)[C@H]1O. The Hall–Kier alpha value is -3.56. The average molecular weight is 466 g/mol. The van der Waals surface area contributed by atoms with E-state index in [4.69, 9.17) is 9.57 Å². The van der Waals surface area contributed by atoms with Crippen molar-refractivity contribution in [3.05, 3.63) is 48.0 Å². The van der Waals surface area contributed by atoms with Crippen LogP contribution in [-0.2, 0) is 14.4 Å². The van der Waals surface area contributed by atoms with Gasteiger partial charge in [0.2, 0.25) is 12.2 Å². The number of aliphatic hydroxyl groups excluding tert-OH is 2. The first kappa shape index (κ1) is 23.6. The maximum Gasteiger partial charge on any atom is 0.211 e. The minimum atomic E-state index is -1.32. The van der Waals surface area contributed by atoms with Crippen molar-refractivity contribution in [2.45, 2.75) is 44.9 Å². The molecule has 11 heteroatoms. The molecule has 178 valence electrons. The minimum absolute atomic E-state index is 0.202. The lowest BCUT2D eigenvalue weighted by atomic mass is 10.2. The van der Waals surface area contributed by atoms with Gasteiger partial charge in [0.1, 0.15) is 12.2 Å². The summed E-state index contributed by atoms with van der Waals surface area (Å²) in [5.74, 6) is 6.47. The lowest BCUT2D eigenvalue weighted by Gasteiger charge is -2.25. The van der Waals surface area contributed by atoms with Crippen molar-refractivity contribution in [2.24, 2.45) is 0 Å². The monoisotopic (exact) mass is 466 g/mol. The van der Waals surface area contributed by atoms with Crippen molar-refractivity contribution in [1.29, 1.82) is 0 Å². The highest BCUT2D eigenvalue weighted by molar-refractivity contribution is 5.83. The zero-order valence-corrected chi connectivity index (χ0v) is 18.8. The predicted octanol–water partition coefficient (Wildman–Crippen LogP) is 1.03. The van der Waals surface area contributed by atoms with Crippen molar-refractivity contribution in [2.75, 3.05) is 18.6 Å². The molecule has 1 fully saturated rings. The number of anilines is 1. The van der Waals surface area contributed by atoms with Gasteiger partial charge in [0.25, 0.3) is 0 Å². The fraction of sp³-hybridized carbons (Fsp3) is 0.391. The summed E-state index contributed by atoms with van der Waals surface area (Å²) in [6.07, 6.45) is -1.88. The topological polar surface area (TPSA) is 135 Å². The van der Waals surface area contributed by atoms with E-state index in [1.807, 2.05) is 37.3 Å². The van der Waals surface area contributed by atoms with Crippen LogP contribution >= 0.6 is 0 Å². The number of hydrogen-bond donors (Lipinski definition) is 3. The van der Waals surface area contributed by atoms with Gasteiger partial charge in [0.15, 0.2) is 29.4 Å². The molecule has 2 aromatic heterocycles. The van der Waals surface area contributed by atoms with Gasteiger partial charge in [-0.1, -0.05) is 31.0 Å². The van der Waals surface area contributed by atoms with Gasteiger partial charge in [0.05, 0.1) is 12.9 Å². The fourth-order valence-electron chi connectivity index (χ4n) is 3.56. The van der Waals surface area contributed by atoms with Crippen LogP contribution in [0, 0.1) is 11.8 Å². The number of carbonyl (C=O) groups excluding carboxylic acids is 1. The second-order valence-corrected chi connectivity index (χ2v) is 7.62. The summed E-state index contributed by atoms with van der Waals surface area (Å²) >= 11 is 0. The number of fused-ring (bicyclic) bond motifs is 1. The number of amides is 1. The highest BCUT2D eigenvalue weighted by Crippen LogP contribution is 2.33. The Morgan fingerprint density at radius 2 is 2.00 bits per heavy atom. The Bertz CT molecular complexity index is 1190. The molecule has 4 atom stereocenters. The van der Waals surface area contributed by atoms with E-state index in [1.165, 1.54) is 15.8 Å². The molecule has 0 aliphatic carbocycles. The second-order valence-electron chi connectivity index (χ2n) is 7.62. The number of rotatable bonds is 8. The van der Waals surface area contributed by atoms with Crippen LogP contribution in [0.4, 0.5) is 5.82 Å². The first-order valence-corrected chi connectivity index (χ1v) is 11.0. The molecule has 0 radical (unpaired) electrons. The molecule has 3 aromatic rings. The van der Waals surface area contributed by atoms with Crippen molar-refractivity contribution in [1.82, 2.24) is 24.4 Å². The van der Waals surface area contributed by atoms with E-state index in [2.05, 4.69) is 32.3 Å². The van der Waals surface area contributed by atoms with Gasteiger partial charge in [-0.25, -0.2) is 15.4 Å². The third-order valence-electron chi connectivity index (χ3n) is 5.30. The number of benzene rings is 1. The highest BCUT2D eigenvalue weighted by atomic mass is 16.6. The van der Waals surface area contributed by atoms with E-state index in [0.717, 1.165) is 12.0 Å². The molecule has 3 heterocycles. The molecule has 4 rings (SSSR count). The van der Waals surface area contributed by atoms with Crippen LogP contribution < -0.4 is 5.48 Å². The number of imidazole rings is 1. The standard InChI is InChI=1S/C23H26N6O5/c1-3-12-33-27-20-17-21(26-16(25-20)11-10-15-8-6-5-7-9-15)29(13-24-17)23-19(32)18(31)22(34-23)28(4-2)14-30/h5-9,13-14,18-19,22-23,31-32H,3-4,12H2,1-2H3,(H,25,26,27)/t18-,19+,22-,23+/m0/s1. The predicted molar refractivity (Wildman–Crippen MR) is 122 cm³/mol. The Balaban J connectivity index is 1.74. The van der Waals surface area contributed by atoms with E-state index < -0.39 is 24.7 Å². The lowest BCUT2D eigenvalue weighted by Crippen LogP contribution is -2.43. The summed E-state index contributed by atoms with van der Waals surface area (Å²) < 4.78 is 7.35. The molecular formula is C23H26N6O5. The Morgan fingerprint density at radius 1 is 1.21 bits per heavy atom. The fourth-order valence-corrected chi connectivity index (χ4v) is 3.56. The zero-order valence-electron chi connectivity index (χ0n) is 18.8. The molecule has 3 N–H and O–H groups in total. The number of ether oxygens (including phenoxy) is 1. The zero-order chi connectivity index (χ0) is 24.1. The van der Waals surface area contributed by atoms with Crippen molar-refractivity contribution < 1.29 is 24.6 Å². The normalized spacial score (nSPS) is 21.8. The van der Waals surface area contributed by atoms with Crippen molar-refractivity contribution in [3.63, 3.8) is 0 Å². The molecule has 1 aromatic carbocycles. The summed E-state index contributed by atoms with van der Waals surface area (Å²) in [6.45, 7) is 4.48. The molecule has 34 heavy (non-hydrogen) atoms. The van der Waals surface area contributed by atoms with Gasteiger partial charge < -0.3 is 19.8 Å². The third-order valence-corrected chi connectivity index (χ3v) is 5.30. The summed E-state index contributed by atoms with van der Waals surface area (Å²) in [5, 5.41) is 21.2. The highest BCUT2D eigenvalue weighted by Gasteiger charge is 2.46. The number of likely N-dealkylation sites (N-methyl/N-ethyl adjacent to an activating group) is 1. The van der Waals surface area contributed by atoms with E-state index in [9.17, 15) is 15.0 Å². The van der Waals surface area contributed by atoms with E-state index in [1.54, 1.807) is 6.92 Å². The molecule has 1 saturated heterocycles. The minimum Gasteiger partial charge on any atom is -0.385 e. The van der Waals surface area contributed by atoms with Crippen LogP contribution in [0.25, 0.3) is 11.2 Å². The molecule has 11 nitrogen and oxygen atoms in total. The number of hydrogen-bond acceptors (Lipinski definition) is 9. The van der Waals surface area contributed by atoms with E-state index in [0.29, 0.717) is 36.5 Å². The number of aliphatic hydroxyl groups is 2. The second kappa shape index (κ2) is 10.6. The van der Waals surface area contributed by atoms with Gasteiger partial charge in [-0.2, -0.15) is 4.98 Å². The van der Waals surface area contributed by atoms with Crippen LogP contribution in [-0.4, -0.2) is 72.6 Å².